The van der Waals surface area contributed by atoms with E-state index in [1.54, 1.807) is 6.07 Å². The number of hydrogen-bond acceptors (Lipinski definition) is 2. The van der Waals surface area contributed by atoms with E-state index in [2.05, 4.69) is 21.2 Å². The number of hydrogen-bond donors (Lipinski definition) is 1. The van der Waals surface area contributed by atoms with Gasteiger partial charge in [-0.3, -0.25) is 4.79 Å². The van der Waals surface area contributed by atoms with Crippen molar-refractivity contribution in [2.45, 2.75) is 13.0 Å². The summed E-state index contributed by atoms with van der Waals surface area (Å²) in [4.78, 5) is 11.3. The standard InChI is InChI=1S/C8H10BrNO2/c1-6(4-9)10-8(11)7-2-3-12-5-7/h2-3,5-6H,4H2,1H3,(H,10,11). The van der Waals surface area contributed by atoms with Gasteiger partial charge in [-0.1, -0.05) is 15.9 Å². The molecule has 0 saturated carbocycles. The van der Waals surface area contributed by atoms with Crippen LogP contribution >= 0.6 is 15.9 Å². The smallest absolute Gasteiger partial charge is 0.254 e. The van der Waals surface area contributed by atoms with Gasteiger partial charge in [-0.25, -0.2) is 0 Å². The molecule has 1 heterocycles. The molecule has 0 aliphatic rings. The minimum atomic E-state index is -0.101. The minimum absolute atomic E-state index is 0.101. The number of furan rings is 1. The third-order valence-electron chi connectivity index (χ3n) is 1.39. The fourth-order valence-corrected chi connectivity index (χ4v) is 0.901. The minimum Gasteiger partial charge on any atom is -0.472 e. The molecular formula is C8H10BrNO2. The molecule has 1 amide bonds. The highest BCUT2D eigenvalue weighted by molar-refractivity contribution is 9.09. The van der Waals surface area contributed by atoms with Gasteiger partial charge in [0.25, 0.3) is 5.91 Å². The van der Waals surface area contributed by atoms with Crippen molar-refractivity contribution in [3.63, 3.8) is 0 Å². The van der Waals surface area contributed by atoms with Crippen LogP contribution in [0.15, 0.2) is 23.0 Å². The maximum absolute atomic E-state index is 11.3. The van der Waals surface area contributed by atoms with Crippen LogP contribution in [-0.4, -0.2) is 17.3 Å². The average molecular weight is 232 g/mol. The zero-order valence-electron chi connectivity index (χ0n) is 6.71. The summed E-state index contributed by atoms with van der Waals surface area (Å²) >= 11 is 3.27. The molecule has 3 nitrogen and oxygen atoms in total. The highest BCUT2D eigenvalue weighted by Gasteiger charge is 2.08. The van der Waals surface area contributed by atoms with Crippen LogP contribution in [0, 0.1) is 0 Å². The molecule has 1 N–H and O–H groups in total. The molecule has 0 fully saturated rings. The van der Waals surface area contributed by atoms with Crippen molar-refractivity contribution in [3.05, 3.63) is 24.2 Å². The van der Waals surface area contributed by atoms with E-state index in [9.17, 15) is 4.79 Å². The van der Waals surface area contributed by atoms with Gasteiger partial charge in [0.2, 0.25) is 0 Å². The molecule has 0 aromatic carbocycles. The molecule has 1 aromatic heterocycles. The van der Waals surface area contributed by atoms with E-state index in [4.69, 9.17) is 4.42 Å². The van der Waals surface area contributed by atoms with Gasteiger partial charge in [0, 0.05) is 11.4 Å². The third kappa shape index (κ3) is 2.37. The van der Waals surface area contributed by atoms with E-state index in [-0.39, 0.29) is 11.9 Å². The molecule has 66 valence electrons. The number of carbonyl (C=O) groups excluding carboxylic acids is 1. The van der Waals surface area contributed by atoms with Crippen molar-refractivity contribution in [1.82, 2.24) is 5.32 Å². The summed E-state index contributed by atoms with van der Waals surface area (Å²) in [6.45, 7) is 1.92. The van der Waals surface area contributed by atoms with Gasteiger partial charge in [-0.2, -0.15) is 0 Å². The normalized spacial score (nSPS) is 12.5. The number of nitrogens with one attached hydrogen (secondary N) is 1. The van der Waals surface area contributed by atoms with Crippen LogP contribution < -0.4 is 5.32 Å². The zero-order valence-corrected chi connectivity index (χ0v) is 8.30. The lowest BCUT2D eigenvalue weighted by molar-refractivity contribution is 0.0943. The Morgan fingerprint density at radius 2 is 2.58 bits per heavy atom. The molecule has 0 bridgehead atoms. The molecule has 0 radical (unpaired) electrons. The van der Waals surface area contributed by atoms with E-state index < -0.39 is 0 Å². The van der Waals surface area contributed by atoms with Crippen molar-refractivity contribution in [3.8, 4) is 0 Å². The molecule has 0 aliphatic heterocycles. The Hall–Kier alpha value is -0.770. The molecule has 0 aliphatic carbocycles. The van der Waals surface area contributed by atoms with Gasteiger partial charge < -0.3 is 9.73 Å². The summed E-state index contributed by atoms with van der Waals surface area (Å²) in [5.41, 5.74) is 0.558. The summed E-state index contributed by atoms with van der Waals surface area (Å²) in [6, 6.07) is 1.77. The lowest BCUT2D eigenvalue weighted by atomic mass is 10.3. The largest absolute Gasteiger partial charge is 0.472 e. The van der Waals surface area contributed by atoms with Crippen molar-refractivity contribution in [2.75, 3.05) is 5.33 Å². The quantitative estimate of drug-likeness (QED) is 0.807. The molecule has 1 atom stereocenters. The van der Waals surface area contributed by atoms with Gasteiger partial charge in [0.1, 0.15) is 6.26 Å². The van der Waals surface area contributed by atoms with Gasteiger partial charge >= 0.3 is 0 Å². The van der Waals surface area contributed by atoms with E-state index >= 15 is 0 Å². The summed E-state index contributed by atoms with van der Waals surface area (Å²) in [7, 11) is 0. The first-order valence-electron chi connectivity index (χ1n) is 3.63. The molecule has 4 heteroatoms. The van der Waals surface area contributed by atoms with Gasteiger partial charge in [-0.15, -0.1) is 0 Å². The number of amides is 1. The number of rotatable bonds is 3. The second-order valence-corrected chi connectivity index (χ2v) is 3.19. The van der Waals surface area contributed by atoms with Crippen LogP contribution in [0.3, 0.4) is 0 Å². The summed E-state index contributed by atoms with van der Waals surface area (Å²) in [5.74, 6) is -0.101. The van der Waals surface area contributed by atoms with Crippen LogP contribution in [0.2, 0.25) is 0 Å². The topological polar surface area (TPSA) is 42.2 Å². The third-order valence-corrected chi connectivity index (χ3v) is 2.36. The van der Waals surface area contributed by atoms with Crippen molar-refractivity contribution < 1.29 is 9.21 Å². The van der Waals surface area contributed by atoms with Crippen LogP contribution in [0.1, 0.15) is 17.3 Å². The van der Waals surface area contributed by atoms with E-state index in [0.29, 0.717) is 5.56 Å². The van der Waals surface area contributed by atoms with Crippen LogP contribution in [0.25, 0.3) is 0 Å². The molecule has 1 rings (SSSR count). The molecule has 1 unspecified atom stereocenters. The first-order valence-corrected chi connectivity index (χ1v) is 4.75. The van der Waals surface area contributed by atoms with E-state index in [1.165, 1.54) is 12.5 Å². The van der Waals surface area contributed by atoms with Crippen LogP contribution in [-0.2, 0) is 0 Å². The molecule has 0 saturated heterocycles. The van der Waals surface area contributed by atoms with Crippen LogP contribution in [0.5, 0.6) is 0 Å². The number of carbonyl (C=O) groups is 1. The lowest BCUT2D eigenvalue weighted by Crippen LogP contribution is -2.33. The summed E-state index contributed by atoms with van der Waals surface area (Å²) in [6.07, 6.45) is 2.91. The fraction of sp³-hybridized carbons (Fsp3) is 0.375. The van der Waals surface area contributed by atoms with E-state index in [1.807, 2.05) is 6.92 Å². The molecule has 1 aromatic rings. The Morgan fingerprint density at radius 3 is 3.08 bits per heavy atom. The Labute approximate surface area is 79.3 Å². The Kier molecular flexibility index (Phi) is 3.34. The predicted molar refractivity (Wildman–Crippen MR) is 49.4 cm³/mol. The Balaban J connectivity index is 2.50. The van der Waals surface area contributed by atoms with Gasteiger partial charge in [0.15, 0.2) is 0 Å². The fourth-order valence-electron chi connectivity index (χ4n) is 0.739. The molecule has 0 spiro atoms. The van der Waals surface area contributed by atoms with Crippen molar-refractivity contribution >= 4 is 21.8 Å². The lowest BCUT2D eigenvalue weighted by Gasteiger charge is -2.08. The van der Waals surface area contributed by atoms with Crippen LogP contribution in [0.4, 0.5) is 0 Å². The molecule has 12 heavy (non-hydrogen) atoms. The first kappa shape index (κ1) is 9.32. The highest BCUT2D eigenvalue weighted by atomic mass is 79.9. The predicted octanol–water partition coefficient (Wildman–Crippen LogP) is 1.79. The van der Waals surface area contributed by atoms with E-state index in [0.717, 1.165) is 5.33 Å². The number of halogens is 1. The van der Waals surface area contributed by atoms with Crippen molar-refractivity contribution in [1.29, 1.82) is 0 Å². The maximum atomic E-state index is 11.3. The van der Waals surface area contributed by atoms with Crippen molar-refractivity contribution in [2.24, 2.45) is 0 Å². The number of alkyl halides is 1. The molecular weight excluding hydrogens is 222 g/mol. The highest BCUT2D eigenvalue weighted by Crippen LogP contribution is 2.00. The summed E-state index contributed by atoms with van der Waals surface area (Å²) in [5, 5.41) is 3.53. The Morgan fingerprint density at radius 1 is 1.83 bits per heavy atom. The first-order chi connectivity index (χ1) is 5.74. The second-order valence-electron chi connectivity index (χ2n) is 2.54. The van der Waals surface area contributed by atoms with Gasteiger partial charge in [0.05, 0.1) is 11.8 Å². The SMILES string of the molecule is CC(CBr)NC(=O)c1ccoc1. The second kappa shape index (κ2) is 4.30. The maximum Gasteiger partial charge on any atom is 0.254 e. The summed E-state index contributed by atoms with van der Waals surface area (Å²) < 4.78 is 4.78. The zero-order chi connectivity index (χ0) is 8.97. The Bertz CT molecular complexity index is 246. The average Bonchev–Trinajstić information content (AvgIpc) is 2.56. The van der Waals surface area contributed by atoms with Gasteiger partial charge in [-0.05, 0) is 13.0 Å². The monoisotopic (exact) mass is 231 g/mol.